The van der Waals surface area contributed by atoms with Crippen molar-refractivity contribution in [2.45, 2.75) is 26.2 Å². The van der Waals surface area contributed by atoms with Crippen molar-refractivity contribution < 1.29 is 4.79 Å². The minimum absolute atomic E-state index is 0.538. The van der Waals surface area contributed by atoms with E-state index in [1.807, 2.05) is 6.07 Å². The molecule has 2 nitrogen and oxygen atoms in total. The third kappa shape index (κ3) is 2.11. The largest absolute Gasteiger partial charge is 0.296 e. The fraction of sp³-hybridized carbons (Fsp3) is 0.286. The van der Waals surface area contributed by atoms with Crippen molar-refractivity contribution >= 4 is 17.1 Å². The summed E-state index contributed by atoms with van der Waals surface area (Å²) in [6.07, 6.45) is 5.94. The highest BCUT2D eigenvalue weighted by atomic mass is 16.1. The van der Waals surface area contributed by atoms with Gasteiger partial charge in [0.1, 0.15) is 5.69 Å². The second kappa shape index (κ2) is 4.88. The van der Waals surface area contributed by atoms with Crippen LogP contribution in [0.4, 0.5) is 0 Å². The number of fused-ring (bicyclic) bond motifs is 1. The van der Waals surface area contributed by atoms with Crippen LogP contribution < -0.4 is 0 Å². The Morgan fingerprint density at radius 1 is 1.31 bits per heavy atom. The molecule has 2 aromatic rings. The summed E-state index contributed by atoms with van der Waals surface area (Å²) in [5.74, 6) is 0. The molecule has 0 atom stereocenters. The lowest BCUT2D eigenvalue weighted by molar-refractivity contribution is 0.112. The van der Waals surface area contributed by atoms with Crippen LogP contribution in [0.2, 0.25) is 0 Å². The topological polar surface area (TPSA) is 30.0 Å². The van der Waals surface area contributed by atoms with Gasteiger partial charge in [0.15, 0.2) is 6.29 Å². The van der Waals surface area contributed by atoms with Gasteiger partial charge in [0.2, 0.25) is 0 Å². The van der Waals surface area contributed by atoms with E-state index >= 15 is 0 Å². The number of rotatable bonds is 4. The number of pyridine rings is 1. The molecule has 2 rings (SSSR count). The summed E-state index contributed by atoms with van der Waals surface area (Å²) < 4.78 is 0. The van der Waals surface area contributed by atoms with Gasteiger partial charge >= 0.3 is 0 Å². The van der Waals surface area contributed by atoms with Gasteiger partial charge in [-0.15, -0.1) is 0 Å². The first kappa shape index (κ1) is 10.8. The van der Waals surface area contributed by atoms with Gasteiger partial charge in [-0.3, -0.25) is 9.78 Å². The minimum atomic E-state index is 0.538. The number of hydrogen-bond donors (Lipinski definition) is 0. The molecule has 0 amide bonds. The summed E-state index contributed by atoms with van der Waals surface area (Å²) in [7, 11) is 0. The molecule has 0 fully saturated rings. The highest BCUT2D eigenvalue weighted by Gasteiger charge is 2.02. The third-order valence-corrected chi connectivity index (χ3v) is 2.79. The zero-order chi connectivity index (χ0) is 11.4. The zero-order valence-electron chi connectivity index (χ0n) is 9.44. The Labute approximate surface area is 95.3 Å². The number of benzene rings is 1. The molecule has 16 heavy (non-hydrogen) atoms. The molecule has 0 radical (unpaired) electrons. The minimum Gasteiger partial charge on any atom is -0.296 e. The van der Waals surface area contributed by atoms with Gasteiger partial charge < -0.3 is 0 Å². The maximum atomic E-state index is 10.9. The Kier molecular flexibility index (Phi) is 3.30. The number of nitrogens with zero attached hydrogens (tertiary/aromatic N) is 1. The normalized spacial score (nSPS) is 10.6. The lowest BCUT2D eigenvalue weighted by Crippen LogP contribution is -1.91. The third-order valence-electron chi connectivity index (χ3n) is 2.79. The monoisotopic (exact) mass is 213 g/mol. The van der Waals surface area contributed by atoms with Crippen LogP contribution in [0.1, 0.15) is 35.8 Å². The molecular weight excluding hydrogens is 198 g/mol. The van der Waals surface area contributed by atoms with E-state index in [1.54, 1.807) is 6.20 Å². The first-order valence-corrected chi connectivity index (χ1v) is 5.68. The molecule has 1 heterocycles. The van der Waals surface area contributed by atoms with E-state index < -0.39 is 0 Å². The predicted octanol–water partition coefficient (Wildman–Crippen LogP) is 3.39. The van der Waals surface area contributed by atoms with E-state index in [2.05, 4.69) is 30.1 Å². The lowest BCUT2D eigenvalue weighted by atomic mass is 10.0. The van der Waals surface area contributed by atoms with Crippen LogP contribution in [-0.4, -0.2) is 11.3 Å². The van der Waals surface area contributed by atoms with Gasteiger partial charge in [0, 0.05) is 11.6 Å². The van der Waals surface area contributed by atoms with Crippen molar-refractivity contribution in [3.8, 4) is 0 Å². The maximum absolute atomic E-state index is 10.9. The van der Waals surface area contributed by atoms with Crippen LogP contribution in [0.25, 0.3) is 10.8 Å². The standard InChI is InChI=1S/C14H15NO/c1-2-3-4-11-5-6-12-7-8-15-14(10-16)13(12)9-11/h5-10H,2-4H2,1H3. The highest BCUT2D eigenvalue weighted by molar-refractivity contribution is 5.96. The fourth-order valence-corrected chi connectivity index (χ4v) is 1.87. The van der Waals surface area contributed by atoms with Crippen molar-refractivity contribution in [2.75, 3.05) is 0 Å². The second-order valence-electron chi connectivity index (χ2n) is 3.97. The molecule has 0 aliphatic heterocycles. The van der Waals surface area contributed by atoms with Gasteiger partial charge in [0.05, 0.1) is 0 Å². The number of aryl methyl sites for hydroxylation is 1. The molecule has 0 bridgehead atoms. The van der Waals surface area contributed by atoms with Crippen molar-refractivity contribution in [2.24, 2.45) is 0 Å². The zero-order valence-corrected chi connectivity index (χ0v) is 9.44. The Balaban J connectivity index is 2.46. The van der Waals surface area contributed by atoms with Crippen LogP contribution in [0, 0.1) is 0 Å². The number of aromatic nitrogens is 1. The quantitative estimate of drug-likeness (QED) is 0.729. The number of hydrogen-bond acceptors (Lipinski definition) is 2. The van der Waals surface area contributed by atoms with E-state index in [1.165, 1.54) is 18.4 Å². The van der Waals surface area contributed by atoms with Gasteiger partial charge in [-0.2, -0.15) is 0 Å². The van der Waals surface area contributed by atoms with Crippen LogP contribution in [0.5, 0.6) is 0 Å². The number of carbonyl (C=O) groups is 1. The number of aldehydes is 1. The molecule has 0 aliphatic rings. The first-order chi connectivity index (χ1) is 7.85. The molecule has 1 aromatic carbocycles. The first-order valence-electron chi connectivity index (χ1n) is 5.68. The van der Waals surface area contributed by atoms with Crippen LogP contribution in [0.15, 0.2) is 30.5 Å². The van der Waals surface area contributed by atoms with Gasteiger partial charge in [0.25, 0.3) is 0 Å². The Morgan fingerprint density at radius 2 is 2.19 bits per heavy atom. The summed E-state index contributed by atoms with van der Waals surface area (Å²) in [5.41, 5.74) is 1.82. The van der Waals surface area contributed by atoms with Crippen molar-refractivity contribution in [3.05, 3.63) is 41.7 Å². The van der Waals surface area contributed by atoms with E-state index in [0.717, 1.165) is 23.5 Å². The summed E-state index contributed by atoms with van der Waals surface area (Å²) in [5, 5.41) is 2.04. The summed E-state index contributed by atoms with van der Waals surface area (Å²) in [6.45, 7) is 2.18. The predicted molar refractivity (Wildman–Crippen MR) is 65.7 cm³/mol. The molecule has 0 saturated carbocycles. The van der Waals surface area contributed by atoms with E-state index in [4.69, 9.17) is 0 Å². The molecule has 0 unspecified atom stereocenters. The summed E-state index contributed by atoms with van der Waals surface area (Å²) in [4.78, 5) is 15.0. The van der Waals surface area contributed by atoms with E-state index in [-0.39, 0.29) is 0 Å². The molecule has 0 saturated heterocycles. The molecule has 82 valence electrons. The SMILES string of the molecule is CCCCc1ccc2ccnc(C=O)c2c1. The Bertz CT molecular complexity index is 505. The highest BCUT2D eigenvalue weighted by Crippen LogP contribution is 2.18. The van der Waals surface area contributed by atoms with Crippen LogP contribution >= 0.6 is 0 Å². The maximum Gasteiger partial charge on any atom is 0.169 e. The number of unbranched alkanes of at least 4 members (excludes halogenated alkanes) is 1. The molecular formula is C14H15NO. The fourth-order valence-electron chi connectivity index (χ4n) is 1.87. The van der Waals surface area contributed by atoms with Crippen molar-refractivity contribution in [3.63, 3.8) is 0 Å². The van der Waals surface area contributed by atoms with Gasteiger partial charge in [-0.1, -0.05) is 25.5 Å². The lowest BCUT2D eigenvalue weighted by Gasteiger charge is -2.04. The van der Waals surface area contributed by atoms with Crippen LogP contribution in [0.3, 0.4) is 0 Å². The molecule has 1 aromatic heterocycles. The van der Waals surface area contributed by atoms with E-state index in [0.29, 0.717) is 5.69 Å². The average Bonchev–Trinajstić information content (AvgIpc) is 2.35. The molecule has 0 aliphatic carbocycles. The van der Waals surface area contributed by atoms with E-state index in [9.17, 15) is 4.79 Å². The molecule has 0 spiro atoms. The van der Waals surface area contributed by atoms with Crippen LogP contribution in [-0.2, 0) is 6.42 Å². The summed E-state index contributed by atoms with van der Waals surface area (Å²) >= 11 is 0. The molecule has 0 N–H and O–H groups in total. The van der Waals surface area contributed by atoms with Crippen molar-refractivity contribution in [1.82, 2.24) is 4.98 Å². The average molecular weight is 213 g/mol. The van der Waals surface area contributed by atoms with Gasteiger partial charge in [-0.05, 0) is 35.9 Å². The van der Waals surface area contributed by atoms with Gasteiger partial charge in [-0.25, -0.2) is 0 Å². The molecule has 2 heteroatoms. The van der Waals surface area contributed by atoms with Crippen molar-refractivity contribution in [1.29, 1.82) is 0 Å². The number of carbonyl (C=O) groups excluding carboxylic acids is 1. The summed E-state index contributed by atoms with van der Waals surface area (Å²) in [6, 6.07) is 8.22. The Hall–Kier alpha value is -1.70. The smallest absolute Gasteiger partial charge is 0.169 e. The second-order valence-corrected chi connectivity index (χ2v) is 3.97. The Morgan fingerprint density at radius 3 is 2.94 bits per heavy atom.